The van der Waals surface area contributed by atoms with Crippen LogP contribution in [0.2, 0.25) is 0 Å². The highest BCUT2D eigenvalue weighted by atomic mass is 16.5. The molecule has 1 N–H and O–H groups in total. The average Bonchev–Trinajstić information content (AvgIpc) is 2.53. The molecule has 0 bridgehead atoms. The van der Waals surface area contributed by atoms with Gasteiger partial charge in [-0.25, -0.2) is 0 Å². The van der Waals surface area contributed by atoms with Crippen LogP contribution in [0.25, 0.3) is 0 Å². The highest BCUT2D eigenvalue weighted by Crippen LogP contribution is 2.28. The van der Waals surface area contributed by atoms with Crippen LogP contribution < -0.4 is 5.32 Å². The van der Waals surface area contributed by atoms with Crippen molar-refractivity contribution in [3.8, 4) is 0 Å². The Morgan fingerprint density at radius 3 is 2.62 bits per heavy atom. The Morgan fingerprint density at radius 2 is 2.00 bits per heavy atom. The standard InChI is InChI=1S/C18H30N2O4/c1-12(19-17(23)18(2,3)4)16(22)20-9-10-24-11-14(20)13-7-5-6-8-15(13)21/h12-14H,5-11H2,1-4H3,(H,19,23). The lowest BCUT2D eigenvalue weighted by atomic mass is 9.82. The van der Waals surface area contributed by atoms with Crippen molar-refractivity contribution in [1.82, 2.24) is 10.2 Å². The number of nitrogens with zero attached hydrogens (tertiary/aromatic N) is 1. The van der Waals surface area contributed by atoms with Crippen molar-refractivity contribution in [2.45, 2.75) is 65.5 Å². The van der Waals surface area contributed by atoms with E-state index in [-0.39, 0.29) is 29.6 Å². The van der Waals surface area contributed by atoms with Crippen molar-refractivity contribution in [1.29, 1.82) is 0 Å². The van der Waals surface area contributed by atoms with Crippen LogP contribution in [-0.2, 0) is 19.1 Å². The quantitative estimate of drug-likeness (QED) is 0.847. The minimum atomic E-state index is -0.601. The Bertz CT molecular complexity index is 498. The van der Waals surface area contributed by atoms with Gasteiger partial charge >= 0.3 is 0 Å². The van der Waals surface area contributed by atoms with Crippen molar-refractivity contribution in [2.24, 2.45) is 11.3 Å². The van der Waals surface area contributed by atoms with Crippen LogP contribution in [0.3, 0.4) is 0 Å². The van der Waals surface area contributed by atoms with E-state index >= 15 is 0 Å². The van der Waals surface area contributed by atoms with Crippen LogP contribution in [0.1, 0.15) is 53.4 Å². The largest absolute Gasteiger partial charge is 0.377 e. The van der Waals surface area contributed by atoms with Crippen molar-refractivity contribution < 1.29 is 19.1 Å². The Labute approximate surface area is 144 Å². The number of hydrogen-bond acceptors (Lipinski definition) is 4. The number of carbonyl (C=O) groups excluding carboxylic acids is 3. The smallest absolute Gasteiger partial charge is 0.245 e. The van der Waals surface area contributed by atoms with Gasteiger partial charge in [-0.1, -0.05) is 27.2 Å². The van der Waals surface area contributed by atoms with E-state index < -0.39 is 11.5 Å². The molecule has 3 atom stereocenters. The molecule has 0 radical (unpaired) electrons. The van der Waals surface area contributed by atoms with Gasteiger partial charge in [-0.05, 0) is 19.8 Å². The molecule has 6 nitrogen and oxygen atoms in total. The summed E-state index contributed by atoms with van der Waals surface area (Å²) in [4.78, 5) is 39.0. The molecule has 0 aromatic carbocycles. The van der Waals surface area contributed by atoms with Crippen LogP contribution in [0, 0.1) is 11.3 Å². The van der Waals surface area contributed by atoms with E-state index in [1.807, 2.05) is 20.8 Å². The summed E-state index contributed by atoms with van der Waals surface area (Å²) in [6.45, 7) is 8.52. The summed E-state index contributed by atoms with van der Waals surface area (Å²) in [5.41, 5.74) is -0.543. The molecule has 2 rings (SSSR count). The summed E-state index contributed by atoms with van der Waals surface area (Å²) in [5, 5.41) is 2.80. The number of Topliss-reactive ketones (excluding diaryl/α,β-unsaturated/α-hetero) is 1. The van der Waals surface area contributed by atoms with E-state index in [0.717, 1.165) is 19.3 Å². The lowest BCUT2D eigenvalue weighted by Crippen LogP contribution is -2.59. The maximum Gasteiger partial charge on any atom is 0.245 e. The zero-order chi connectivity index (χ0) is 17.9. The summed E-state index contributed by atoms with van der Waals surface area (Å²) in [7, 11) is 0. The third-order valence-corrected chi connectivity index (χ3v) is 4.91. The number of rotatable bonds is 3. The average molecular weight is 338 g/mol. The molecule has 1 aliphatic carbocycles. The number of hydrogen-bond donors (Lipinski definition) is 1. The van der Waals surface area contributed by atoms with E-state index in [0.29, 0.717) is 26.2 Å². The van der Waals surface area contributed by atoms with E-state index in [1.165, 1.54) is 0 Å². The minimum Gasteiger partial charge on any atom is -0.377 e. The molecule has 1 saturated carbocycles. The second-order valence-electron chi connectivity index (χ2n) is 7.94. The molecule has 1 heterocycles. The molecule has 24 heavy (non-hydrogen) atoms. The first-order valence-corrected chi connectivity index (χ1v) is 8.93. The predicted molar refractivity (Wildman–Crippen MR) is 90.3 cm³/mol. The van der Waals surface area contributed by atoms with Crippen molar-refractivity contribution in [3.63, 3.8) is 0 Å². The molecule has 2 amide bonds. The maximum atomic E-state index is 12.9. The van der Waals surface area contributed by atoms with Crippen LogP contribution >= 0.6 is 0 Å². The SMILES string of the molecule is CC(NC(=O)C(C)(C)C)C(=O)N1CCOCC1C1CCCCC1=O. The Kier molecular flexibility index (Phi) is 6.01. The van der Waals surface area contributed by atoms with Gasteiger partial charge in [0.15, 0.2) is 0 Å². The number of amides is 2. The molecule has 0 aromatic rings. The number of ketones is 1. The van der Waals surface area contributed by atoms with Crippen molar-refractivity contribution in [2.75, 3.05) is 19.8 Å². The first kappa shape index (κ1) is 18.9. The molecule has 6 heteroatoms. The third-order valence-electron chi connectivity index (χ3n) is 4.91. The van der Waals surface area contributed by atoms with E-state index in [9.17, 15) is 14.4 Å². The van der Waals surface area contributed by atoms with E-state index in [4.69, 9.17) is 4.74 Å². The van der Waals surface area contributed by atoms with Gasteiger partial charge in [0.25, 0.3) is 0 Å². The normalized spacial score (nSPS) is 26.8. The monoisotopic (exact) mass is 338 g/mol. The predicted octanol–water partition coefficient (Wildman–Crippen LogP) is 1.52. The molecule has 0 aromatic heterocycles. The molecule has 2 fully saturated rings. The Hall–Kier alpha value is -1.43. The van der Waals surface area contributed by atoms with Gasteiger partial charge in [0.05, 0.1) is 19.3 Å². The zero-order valence-corrected chi connectivity index (χ0v) is 15.3. The lowest BCUT2D eigenvalue weighted by molar-refractivity contribution is -0.149. The van der Waals surface area contributed by atoms with Gasteiger partial charge in [-0.3, -0.25) is 14.4 Å². The van der Waals surface area contributed by atoms with Crippen molar-refractivity contribution in [3.05, 3.63) is 0 Å². The van der Waals surface area contributed by atoms with Gasteiger partial charge < -0.3 is 15.0 Å². The fourth-order valence-electron chi connectivity index (χ4n) is 3.37. The van der Waals surface area contributed by atoms with Crippen LogP contribution in [-0.4, -0.2) is 54.3 Å². The number of morpholine rings is 1. The fourth-order valence-corrected chi connectivity index (χ4v) is 3.37. The van der Waals surface area contributed by atoms with Crippen LogP contribution in [0.4, 0.5) is 0 Å². The van der Waals surface area contributed by atoms with Gasteiger partial charge in [-0.2, -0.15) is 0 Å². The molecular weight excluding hydrogens is 308 g/mol. The summed E-state index contributed by atoms with van der Waals surface area (Å²) >= 11 is 0. The number of nitrogens with one attached hydrogen (secondary N) is 1. The summed E-state index contributed by atoms with van der Waals surface area (Å²) in [5.74, 6) is -0.171. The number of ether oxygens (including phenoxy) is 1. The molecule has 136 valence electrons. The van der Waals surface area contributed by atoms with Gasteiger partial charge in [0.2, 0.25) is 11.8 Å². The minimum absolute atomic E-state index is 0.126. The maximum absolute atomic E-state index is 12.9. The lowest BCUT2D eigenvalue weighted by Gasteiger charge is -2.42. The zero-order valence-electron chi connectivity index (χ0n) is 15.3. The Morgan fingerprint density at radius 1 is 1.29 bits per heavy atom. The van der Waals surface area contributed by atoms with E-state index in [1.54, 1.807) is 11.8 Å². The topological polar surface area (TPSA) is 75.7 Å². The summed E-state index contributed by atoms with van der Waals surface area (Å²) in [6.07, 6.45) is 3.37. The third kappa shape index (κ3) is 4.35. The summed E-state index contributed by atoms with van der Waals surface area (Å²) in [6, 6.07) is -0.802. The second-order valence-corrected chi connectivity index (χ2v) is 7.94. The van der Waals surface area contributed by atoms with Gasteiger partial charge in [-0.15, -0.1) is 0 Å². The first-order valence-electron chi connectivity index (χ1n) is 8.93. The van der Waals surface area contributed by atoms with Crippen LogP contribution in [0.5, 0.6) is 0 Å². The number of carbonyl (C=O) groups is 3. The van der Waals surface area contributed by atoms with Gasteiger partial charge in [0.1, 0.15) is 11.8 Å². The fraction of sp³-hybridized carbons (Fsp3) is 0.833. The highest BCUT2D eigenvalue weighted by Gasteiger charge is 2.39. The highest BCUT2D eigenvalue weighted by molar-refractivity contribution is 5.90. The Balaban J connectivity index is 2.07. The molecule has 1 aliphatic heterocycles. The second kappa shape index (κ2) is 7.64. The van der Waals surface area contributed by atoms with E-state index in [2.05, 4.69) is 5.32 Å². The van der Waals surface area contributed by atoms with Gasteiger partial charge in [0, 0.05) is 24.3 Å². The molecular formula is C18H30N2O4. The summed E-state index contributed by atoms with van der Waals surface area (Å²) < 4.78 is 5.55. The van der Waals surface area contributed by atoms with Crippen LogP contribution in [0.15, 0.2) is 0 Å². The molecule has 2 aliphatic rings. The first-order chi connectivity index (χ1) is 11.2. The molecule has 0 spiro atoms. The van der Waals surface area contributed by atoms with Crippen molar-refractivity contribution >= 4 is 17.6 Å². The molecule has 1 saturated heterocycles. The molecule has 3 unspecified atom stereocenters.